The van der Waals surface area contributed by atoms with Gasteiger partial charge in [-0.3, -0.25) is 4.79 Å². The summed E-state index contributed by atoms with van der Waals surface area (Å²) in [6.45, 7) is 6.79. The Morgan fingerprint density at radius 2 is 2.20 bits per heavy atom. The zero-order valence-corrected chi connectivity index (χ0v) is 11.8. The van der Waals surface area contributed by atoms with Crippen molar-refractivity contribution in [3.63, 3.8) is 0 Å². The molecule has 0 saturated carbocycles. The molecule has 0 amide bonds. The molecular weight excluding hydrogens is 260 g/mol. The van der Waals surface area contributed by atoms with Crippen molar-refractivity contribution in [2.24, 2.45) is 5.92 Å². The lowest BCUT2D eigenvalue weighted by molar-refractivity contribution is 0.0402. The quantitative estimate of drug-likeness (QED) is 0.794. The average molecular weight is 278 g/mol. The molecule has 0 spiro atoms. The van der Waals surface area contributed by atoms with Crippen LogP contribution < -0.4 is 5.56 Å². The van der Waals surface area contributed by atoms with E-state index in [0.717, 1.165) is 0 Å². The van der Waals surface area contributed by atoms with Crippen LogP contribution in [0, 0.1) is 5.92 Å². The minimum atomic E-state index is -0.240. The second-order valence-electron chi connectivity index (χ2n) is 4.94. The molecule has 1 unspecified atom stereocenters. The predicted molar refractivity (Wildman–Crippen MR) is 71.1 cm³/mol. The minimum absolute atomic E-state index is 0.156. The first-order valence-corrected chi connectivity index (χ1v) is 6.52. The first kappa shape index (κ1) is 14.4. The van der Waals surface area contributed by atoms with Crippen molar-refractivity contribution in [1.29, 1.82) is 0 Å². The number of rotatable bonds is 6. The van der Waals surface area contributed by atoms with E-state index >= 15 is 0 Å². The molecule has 0 N–H and O–H groups in total. The number of ether oxygens (including phenoxy) is 1. The van der Waals surface area contributed by atoms with Gasteiger partial charge in [-0.2, -0.15) is 10.1 Å². The van der Waals surface area contributed by atoms with Crippen molar-refractivity contribution in [2.75, 3.05) is 6.61 Å². The van der Waals surface area contributed by atoms with E-state index in [2.05, 4.69) is 29.1 Å². The molecule has 0 aliphatic carbocycles. The van der Waals surface area contributed by atoms with Crippen molar-refractivity contribution in [3.8, 4) is 0 Å². The highest BCUT2D eigenvalue weighted by atomic mass is 16.5. The first-order valence-electron chi connectivity index (χ1n) is 6.52. The number of hydrogen-bond acceptors (Lipinski definition) is 6. The van der Waals surface area contributed by atoms with E-state index < -0.39 is 0 Å². The second-order valence-corrected chi connectivity index (χ2v) is 4.94. The zero-order chi connectivity index (χ0) is 14.5. The van der Waals surface area contributed by atoms with Gasteiger partial charge in [0.15, 0.2) is 5.82 Å². The number of aromatic nitrogens is 4. The molecule has 20 heavy (non-hydrogen) atoms. The maximum absolute atomic E-state index is 11.5. The van der Waals surface area contributed by atoms with E-state index in [1.165, 1.54) is 16.9 Å². The first-order chi connectivity index (χ1) is 9.56. The van der Waals surface area contributed by atoms with Gasteiger partial charge in [-0.15, -0.1) is 0 Å². The molecule has 0 radical (unpaired) electrons. The van der Waals surface area contributed by atoms with Crippen LogP contribution in [0.25, 0.3) is 0 Å². The molecule has 0 fully saturated rings. The summed E-state index contributed by atoms with van der Waals surface area (Å²) in [4.78, 5) is 15.7. The van der Waals surface area contributed by atoms with Crippen LogP contribution in [0.15, 0.2) is 27.6 Å². The van der Waals surface area contributed by atoms with Crippen LogP contribution in [0.1, 0.15) is 38.6 Å². The third kappa shape index (κ3) is 3.74. The smallest absolute Gasteiger partial charge is 0.267 e. The third-order valence-corrected chi connectivity index (χ3v) is 2.60. The van der Waals surface area contributed by atoms with Gasteiger partial charge in [0.1, 0.15) is 12.6 Å². The average Bonchev–Trinajstić information content (AvgIpc) is 2.87. The van der Waals surface area contributed by atoms with E-state index in [-0.39, 0.29) is 18.2 Å². The fourth-order valence-corrected chi connectivity index (χ4v) is 1.54. The summed E-state index contributed by atoms with van der Waals surface area (Å²) in [5, 5.41) is 7.80. The minimum Gasteiger partial charge on any atom is -0.370 e. The lowest BCUT2D eigenvalue weighted by Crippen LogP contribution is -2.21. The summed E-state index contributed by atoms with van der Waals surface area (Å²) in [5.41, 5.74) is -0.212. The van der Waals surface area contributed by atoms with Crippen molar-refractivity contribution < 1.29 is 9.26 Å². The van der Waals surface area contributed by atoms with Gasteiger partial charge in [-0.1, -0.05) is 19.0 Å². The summed E-state index contributed by atoms with van der Waals surface area (Å²) in [6.07, 6.45) is 1.29. The van der Waals surface area contributed by atoms with Crippen LogP contribution in [0.2, 0.25) is 0 Å². The summed E-state index contributed by atoms with van der Waals surface area (Å²) in [7, 11) is 0. The summed E-state index contributed by atoms with van der Waals surface area (Å²) < 4.78 is 12.0. The highest BCUT2D eigenvalue weighted by molar-refractivity contribution is 4.92. The fraction of sp³-hybridized carbons (Fsp3) is 0.538. The third-order valence-electron chi connectivity index (χ3n) is 2.60. The Morgan fingerprint density at radius 3 is 2.90 bits per heavy atom. The largest absolute Gasteiger partial charge is 0.370 e. The van der Waals surface area contributed by atoms with Gasteiger partial charge in [-0.05, 0) is 18.9 Å². The van der Waals surface area contributed by atoms with E-state index in [9.17, 15) is 4.79 Å². The normalized spacial score (nSPS) is 12.8. The van der Waals surface area contributed by atoms with Gasteiger partial charge in [0, 0.05) is 18.9 Å². The van der Waals surface area contributed by atoms with E-state index in [4.69, 9.17) is 9.26 Å². The Morgan fingerprint density at radius 1 is 1.40 bits per heavy atom. The Balaban J connectivity index is 2.02. The van der Waals surface area contributed by atoms with Crippen molar-refractivity contribution in [2.45, 2.75) is 33.4 Å². The molecule has 2 aromatic heterocycles. The van der Waals surface area contributed by atoms with E-state index in [0.29, 0.717) is 24.2 Å². The molecule has 0 saturated heterocycles. The van der Waals surface area contributed by atoms with Gasteiger partial charge in [-0.25, -0.2) is 4.68 Å². The van der Waals surface area contributed by atoms with Crippen molar-refractivity contribution >= 4 is 0 Å². The number of nitrogens with zero attached hydrogens (tertiary/aromatic N) is 4. The Bertz CT molecular complexity index is 605. The molecule has 2 heterocycles. The van der Waals surface area contributed by atoms with Gasteiger partial charge >= 0.3 is 0 Å². The number of hydrogen-bond donors (Lipinski definition) is 0. The molecule has 1 atom stereocenters. The highest BCUT2D eigenvalue weighted by Gasteiger charge is 2.15. The van der Waals surface area contributed by atoms with Crippen LogP contribution in [0.5, 0.6) is 0 Å². The summed E-state index contributed by atoms with van der Waals surface area (Å²) in [6, 6.07) is 3.01. The molecular formula is C13H18N4O3. The van der Waals surface area contributed by atoms with Crippen molar-refractivity contribution in [3.05, 3.63) is 40.4 Å². The zero-order valence-electron chi connectivity index (χ0n) is 11.8. The van der Waals surface area contributed by atoms with Crippen molar-refractivity contribution in [1.82, 2.24) is 19.9 Å². The standard InChI is InChI=1S/C13H18N4O3/c1-9(2)8-19-10(3)13-15-11(20-16-13)7-17-12(18)5-4-6-14-17/h4-6,9-10H,7-8H2,1-3H3. The second kappa shape index (κ2) is 6.42. The van der Waals surface area contributed by atoms with Gasteiger partial charge < -0.3 is 9.26 Å². The van der Waals surface area contributed by atoms with Crippen LogP contribution in [0.3, 0.4) is 0 Å². The Kier molecular flexibility index (Phi) is 4.62. The van der Waals surface area contributed by atoms with Gasteiger partial charge in [0.05, 0.1) is 0 Å². The lowest BCUT2D eigenvalue weighted by Gasteiger charge is -2.10. The maximum Gasteiger partial charge on any atom is 0.267 e. The Labute approximate surface area is 116 Å². The van der Waals surface area contributed by atoms with Crippen LogP contribution in [0.4, 0.5) is 0 Å². The molecule has 7 heteroatoms. The fourth-order valence-electron chi connectivity index (χ4n) is 1.54. The highest BCUT2D eigenvalue weighted by Crippen LogP contribution is 2.14. The molecule has 0 aliphatic rings. The van der Waals surface area contributed by atoms with Crippen LogP contribution >= 0.6 is 0 Å². The van der Waals surface area contributed by atoms with Crippen LogP contribution in [-0.2, 0) is 11.3 Å². The SMILES string of the molecule is CC(C)COC(C)c1noc(Cn2ncccc2=O)n1. The molecule has 108 valence electrons. The molecule has 0 aromatic carbocycles. The molecule has 0 bridgehead atoms. The topological polar surface area (TPSA) is 83.0 Å². The summed E-state index contributed by atoms with van der Waals surface area (Å²) in [5.74, 6) is 1.25. The molecule has 0 aliphatic heterocycles. The van der Waals surface area contributed by atoms with Gasteiger partial charge in [0.2, 0.25) is 5.89 Å². The predicted octanol–water partition coefficient (Wildman–Crippen LogP) is 1.41. The van der Waals surface area contributed by atoms with Gasteiger partial charge in [0.25, 0.3) is 5.56 Å². The maximum atomic E-state index is 11.5. The summed E-state index contributed by atoms with van der Waals surface area (Å²) >= 11 is 0. The van der Waals surface area contributed by atoms with Crippen LogP contribution in [-0.4, -0.2) is 26.5 Å². The van der Waals surface area contributed by atoms with E-state index in [1.54, 1.807) is 6.07 Å². The monoisotopic (exact) mass is 278 g/mol. The molecule has 7 nitrogen and oxygen atoms in total. The molecule has 2 aromatic rings. The van der Waals surface area contributed by atoms with E-state index in [1.807, 2.05) is 6.92 Å². The lowest BCUT2D eigenvalue weighted by atomic mass is 10.2. The molecule has 2 rings (SSSR count). The Hall–Kier alpha value is -2.02.